The van der Waals surface area contributed by atoms with E-state index < -0.39 is 0 Å². The number of rotatable bonds is 17. The van der Waals surface area contributed by atoms with Gasteiger partial charge in [-0.15, -0.1) is 0 Å². The van der Waals surface area contributed by atoms with Crippen LogP contribution in [0.2, 0.25) is 0 Å². The molecule has 0 aliphatic heterocycles. The molecule has 0 amide bonds. The maximum absolute atomic E-state index is 9.24. The molecule has 0 rings (SSSR count). The SMILES string of the molecule is CCCCCCCCCCCC[N+](CCO)(CCO)CCO.[OH-]. The monoisotopic (exact) mass is 335 g/mol. The van der Waals surface area contributed by atoms with Crippen molar-refractivity contribution in [1.82, 2.24) is 0 Å². The number of hydrogen-bond acceptors (Lipinski definition) is 4. The van der Waals surface area contributed by atoms with Gasteiger partial charge in [-0.1, -0.05) is 58.3 Å². The molecule has 0 aromatic carbocycles. The van der Waals surface area contributed by atoms with Gasteiger partial charge in [0.05, 0.1) is 26.4 Å². The lowest BCUT2D eigenvalue weighted by Crippen LogP contribution is -2.53. The summed E-state index contributed by atoms with van der Waals surface area (Å²) in [6, 6.07) is 0. The van der Waals surface area contributed by atoms with Crippen molar-refractivity contribution in [2.75, 3.05) is 46.0 Å². The summed E-state index contributed by atoms with van der Waals surface area (Å²) in [5.41, 5.74) is 0. The van der Waals surface area contributed by atoms with Crippen molar-refractivity contribution in [3.05, 3.63) is 0 Å². The minimum atomic E-state index is 0. The second-order valence-electron chi connectivity index (χ2n) is 6.59. The highest BCUT2D eigenvalue weighted by atomic mass is 16.3. The van der Waals surface area contributed by atoms with Crippen molar-refractivity contribution in [2.45, 2.75) is 71.1 Å². The molecule has 0 aromatic heterocycles. The molecule has 0 heterocycles. The highest BCUT2D eigenvalue weighted by Gasteiger charge is 2.25. The summed E-state index contributed by atoms with van der Waals surface area (Å²) in [5.74, 6) is 0. The smallest absolute Gasteiger partial charge is 0.102 e. The molecule has 5 nitrogen and oxygen atoms in total. The van der Waals surface area contributed by atoms with E-state index in [2.05, 4.69) is 6.92 Å². The first-order valence-corrected chi connectivity index (χ1v) is 9.42. The maximum Gasteiger partial charge on any atom is 0.102 e. The Hall–Kier alpha value is -0.200. The van der Waals surface area contributed by atoms with E-state index in [1.807, 2.05) is 0 Å². The average molecular weight is 336 g/mol. The molecule has 0 bridgehead atoms. The molecule has 0 aromatic rings. The molecular weight excluding hydrogens is 294 g/mol. The molecule has 0 aliphatic carbocycles. The summed E-state index contributed by atoms with van der Waals surface area (Å²) in [4.78, 5) is 0. The van der Waals surface area contributed by atoms with E-state index in [4.69, 9.17) is 0 Å². The number of aliphatic hydroxyl groups excluding tert-OH is 3. The molecule has 0 aliphatic rings. The van der Waals surface area contributed by atoms with E-state index >= 15 is 0 Å². The third kappa shape index (κ3) is 13.9. The maximum atomic E-state index is 9.24. The van der Waals surface area contributed by atoms with Gasteiger partial charge in [0.15, 0.2) is 0 Å². The molecule has 0 radical (unpaired) electrons. The number of nitrogens with zero attached hydrogens (tertiary/aromatic N) is 1. The van der Waals surface area contributed by atoms with Gasteiger partial charge in [0.25, 0.3) is 0 Å². The van der Waals surface area contributed by atoms with Crippen LogP contribution in [0.1, 0.15) is 71.1 Å². The van der Waals surface area contributed by atoms with Gasteiger partial charge in [0.1, 0.15) is 19.6 Å². The lowest BCUT2D eigenvalue weighted by molar-refractivity contribution is -0.929. The van der Waals surface area contributed by atoms with E-state index in [0.29, 0.717) is 24.1 Å². The van der Waals surface area contributed by atoms with Crippen molar-refractivity contribution < 1.29 is 25.3 Å². The summed E-state index contributed by atoms with van der Waals surface area (Å²) in [6.45, 7) is 5.49. The van der Waals surface area contributed by atoms with Crippen LogP contribution in [0, 0.1) is 0 Å². The van der Waals surface area contributed by atoms with Gasteiger partial charge in [-0.3, -0.25) is 0 Å². The summed E-state index contributed by atoms with van der Waals surface area (Å²) in [6.07, 6.45) is 13.1. The van der Waals surface area contributed by atoms with Crippen LogP contribution in [0.15, 0.2) is 0 Å². The Morgan fingerprint density at radius 3 is 1.22 bits per heavy atom. The standard InChI is InChI=1S/C18H40NO3.H2O/c1-2-3-4-5-6-7-8-9-10-11-12-19(13-16-20,14-17-21)15-18-22;/h20-22H,2-18H2,1H3;1H2/q+1;/p-1. The molecule has 142 valence electrons. The second kappa shape index (κ2) is 18.1. The number of unbranched alkanes of at least 4 members (excludes halogenated alkanes) is 9. The Kier molecular flexibility index (Phi) is 19.8. The van der Waals surface area contributed by atoms with Crippen LogP contribution in [0.4, 0.5) is 0 Å². The Morgan fingerprint density at radius 2 is 0.870 bits per heavy atom. The third-order valence-corrected chi connectivity index (χ3v) is 4.71. The Morgan fingerprint density at radius 1 is 0.522 bits per heavy atom. The molecule has 0 unspecified atom stereocenters. The van der Waals surface area contributed by atoms with E-state index in [1.165, 1.54) is 57.8 Å². The lowest BCUT2D eigenvalue weighted by atomic mass is 10.1. The summed E-state index contributed by atoms with van der Waals surface area (Å²) < 4.78 is 0.653. The van der Waals surface area contributed by atoms with Gasteiger partial charge < -0.3 is 25.3 Å². The Labute approximate surface area is 143 Å². The topological polar surface area (TPSA) is 90.7 Å². The molecule has 0 saturated heterocycles. The zero-order valence-electron chi connectivity index (χ0n) is 15.3. The first kappa shape index (κ1) is 25.0. The molecule has 23 heavy (non-hydrogen) atoms. The largest absolute Gasteiger partial charge is 0.870 e. The second-order valence-corrected chi connectivity index (χ2v) is 6.59. The first-order chi connectivity index (χ1) is 10.7. The summed E-state index contributed by atoms with van der Waals surface area (Å²) in [5, 5.41) is 27.7. The highest BCUT2D eigenvalue weighted by Crippen LogP contribution is 2.13. The normalized spacial score (nSPS) is 11.5. The molecule has 0 atom stereocenters. The lowest BCUT2D eigenvalue weighted by Gasteiger charge is -2.37. The fourth-order valence-corrected chi connectivity index (χ4v) is 3.24. The molecule has 0 spiro atoms. The van der Waals surface area contributed by atoms with Crippen LogP contribution in [0.3, 0.4) is 0 Å². The van der Waals surface area contributed by atoms with Crippen LogP contribution >= 0.6 is 0 Å². The third-order valence-electron chi connectivity index (χ3n) is 4.71. The predicted octanol–water partition coefficient (Wildman–Crippen LogP) is 2.52. The van der Waals surface area contributed by atoms with E-state index in [0.717, 1.165) is 13.0 Å². The molecule has 5 heteroatoms. The van der Waals surface area contributed by atoms with Crippen LogP contribution in [-0.4, -0.2) is 71.3 Å². The van der Waals surface area contributed by atoms with Gasteiger partial charge in [-0.2, -0.15) is 0 Å². The first-order valence-electron chi connectivity index (χ1n) is 9.42. The van der Waals surface area contributed by atoms with E-state index in [9.17, 15) is 15.3 Å². The minimum absolute atomic E-state index is 0. The van der Waals surface area contributed by atoms with Crippen LogP contribution < -0.4 is 0 Å². The highest BCUT2D eigenvalue weighted by molar-refractivity contribution is 4.50. The molecular formula is C18H41NO4. The van der Waals surface area contributed by atoms with Crippen molar-refractivity contribution in [3.63, 3.8) is 0 Å². The van der Waals surface area contributed by atoms with Crippen molar-refractivity contribution in [2.24, 2.45) is 0 Å². The zero-order chi connectivity index (χ0) is 16.5. The fraction of sp³-hybridized carbons (Fsp3) is 1.00. The van der Waals surface area contributed by atoms with Crippen molar-refractivity contribution >= 4 is 0 Å². The predicted molar refractivity (Wildman–Crippen MR) is 94.8 cm³/mol. The Balaban J connectivity index is 0. The zero-order valence-corrected chi connectivity index (χ0v) is 15.3. The van der Waals surface area contributed by atoms with Gasteiger partial charge in [-0.25, -0.2) is 0 Å². The van der Waals surface area contributed by atoms with Gasteiger partial charge >= 0.3 is 0 Å². The van der Waals surface area contributed by atoms with Crippen molar-refractivity contribution in [3.8, 4) is 0 Å². The number of hydrogen-bond donors (Lipinski definition) is 3. The van der Waals surface area contributed by atoms with Gasteiger partial charge in [0.2, 0.25) is 0 Å². The number of quaternary nitrogens is 1. The van der Waals surface area contributed by atoms with Crippen LogP contribution in [0.5, 0.6) is 0 Å². The van der Waals surface area contributed by atoms with Crippen LogP contribution in [0.25, 0.3) is 0 Å². The Bertz CT molecular complexity index is 210. The van der Waals surface area contributed by atoms with Gasteiger partial charge in [0, 0.05) is 0 Å². The van der Waals surface area contributed by atoms with Crippen LogP contribution in [-0.2, 0) is 0 Å². The van der Waals surface area contributed by atoms with Gasteiger partial charge in [-0.05, 0) is 12.8 Å². The average Bonchev–Trinajstić information content (AvgIpc) is 2.50. The summed E-state index contributed by atoms with van der Waals surface area (Å²) >= 11 is 0. The molecule has 4 N–H and O–H groups in total. The number of aliphatic hydroxyl groups is 3. The van der Waals surface area contributed by atoms with E-state index in [-0.39, 0.29) is 25.3 Å². The fourth-order valence-electron chi connectivity index (χ4n) is 3.24. The minimum Gasteiger partial charge on any atom is -0.870 e. The van der Waals surface area contributed by atoms with E-state index in [1.54, 1.807) is 0 Å². The quantitative estimate of drug-likeness (QED) is 0.281. The molecule has 0 fully saturated rings. The van der Waals surface area contributed by atoms with Crippen molar-refractivity contribution in [1.29, 1.82) is 0 Å². The summed E-state index contributed by atoms with van der Waals surface area (Å²) in [7, 11) is 0. The molecule has 0 saturated carbocycles.